The smallest absolute Gasteiger partial charge is 0.251 e. The van der Waals surface area contributed by atoms with Crippen molar-refractivity contribution in [2.24, 2.45) is 5.92 Å². The van der Waals surface area contributed by atoms with Gasteiger partial charge in [-0.15, -0.1) is 0 Å². The molecule has 4 unspecified atom stereocenters. The van der Waals surface area contributed by atoms with E-state index in [9.17, 15) is 4.79 Å². The van der Waals surface area contributed by atoms with E-state index < -0.39 is 0 Å². The maximum Gasteiger partial charge on any atom is 0.251 e. The molecule has 2 bridgehead atoms. The third kappa shape index (κ3) is 3.12. The highest BCUT2D eigenvalue weighted by Crippen LogP contribution is 2.32. The molecular formula is C18H23N3O3. The monoisotopic (exact) mass is 329 g/mol. The number of rotatable bonds is 4. The van der Waals surface area contributed by atoms with Gasteiger partial charge in [-0.05, 0) is 62.6 Å². The van der Waals surface area contributed by atoms with Crippen molar-refractivity contribution in [1.82, 2.24) is 15.4 Å². The molecule has 24 heavy (non-hydrogen) atoms. The van der Waals surface area contributed by atoms with Crippen LogP contribution in [0.15, 0.2) is 36.5 Å². The third-order valence-electron chi connectivity index (χ3n) is 5.21. The first-order valence-corrected chi connectivity index (χ1v) is 8.61. The van der Waals surface area contributed by atoms with Crippen LogP contribution < -0.4 is 10.2 Å². The topological polar surface area (TPSA) is 54.0 Å². The van der Waals surface area contributed by atoms with Gasteiger partial charge in [0.25, 0.3) is 5.91 Å². The molecule has 4 heterocycles. The first-order chi connectivity index (χ1) is 11.7. The minimum absolute atomic E-state index is 0.00901. The van der Waals surface area contributed by atoms with Crippen LogP contribution >= 0.6 is 0 Å². The minimum Gasteiger partial charge on any atom is -0.354 e. The van der Waals surface area contributed by atoms with E-state index in [0.29, 0.717) is 29.9 Å². The van der Waals surface area contributed by atoms with Gasteiger partial charge in [-0.1, -0.05) is 5.23 Å². The maximum absolute atomic E-state index is 12.5. The molecule has 0 spiro atoms. The molecule has 4 aliphatic rings. The lowest BCUT2D eigenvalue weighted by Gasteiger charge is -2.48. The van der Waals surface area contributed by atoms with E-state index in [-0.39, 0.29) is 11.9 Å². The quantitative estimate of drug-likeness (QED) is 0.915. The van der Waals surface area contributed by atoms with E-state index in [1.165, 1.54) is 18.1 Å². The summed E-state index contributed by atoms with van der Waals surface area (Å²) in [5, 5.41) is 4.52. The second-order valence-electron chi connectivity index (χ2n) is 6.79. The van der Waals surface area contributed by atoms with Crippen LogP contribution in [0.5, 0.6) is 5.75 Å². The largest absolute Gasteiger partial charge is 0.354 e. The van der Waals surface area contributed by atoms with Crippen molar-refractivity contribution in [3.05, 3.63) is 42.1 Å². The van der Waals surface area contributed by atoms with Crippen molar-refractivity contribution < 1.29 is 14.5 Å². The number of piperidine rings is 3. The maximum atomic E-state index is 12.5. The Balaban J connectivity index is 1.35. The van der Waals surface area contributed by atoms with E-state index in [0.717, 1.165) is 13.1 Å². The van der Waals surface area contributed by atoms with Crippen LogP contribution in [0.3, 0.4) is 0 Å². The molecule has 0 saturated carbocycles. The Hall–Kier alpha value is -2.05. The van der Waals surface area contributed by atoms with E-state index >= 15 is 0 Å². The van der Waals surface area contributed by atoms with Crippen LogP contribution in [0.25, 0.3) is 0 Å². The van der Waals surface area contributed by atoms with Crippen LogP contribution in [0, 0.1) is 5.92 Å². The highest BCUT2D eigenvalue weighted by molar-refractivity contribution is 5.94. The summed E-state index contributed by atoms with van der Waals surface area (Å²) in [6.45, 7) is 4.93. The van der Waals surface area contributed by atoms with Crippen molar-refractivity contribution in [3.63, 3.8) is 0 Å². The average molecular weight is 329 g/mol. The summed E-state index contributed by atoms with van der Waals surface area (Å²) in [6, 6.07) is 8.05. The van der Waals surface area contributed by atoms with Crippen molar-refractivity contribution in [3.8, 4) is 5.75 Å². The Morgan fingerprint density at radius 1 is 1.33 bits per heavy atom. The van der Waals surface area contributed by atoms with Gasteiger partial charge >= 0.3 is 0 Å². The molecule has 5 rings (SSSR count). The summed E-state index contributed by atoms with van der Waals surface area (Å²) in [4.78, 5) is 25.7. The lowest BCUT2D eigenvalue weighted by atomic mass is 9.80. The Morgan fingerprint density at radius 3 is 2.79 bits per heavy atom. The summed E-state index contributed by atoms with van der Waals surface area (Å²) >= 11 is 0. The molecule has 0 aliphatic carbocycles. The molecule has 0 radical (unpaired) electrons. The van der Waals surface area contributed by atoms with E-state index in [1.54, 1.807) is 30.5 Å². The second-order valence-corrected chi connectivity index (χ2v) is 6.79. The van der Waals surface area contributed by atoms with E-state index in [4.69, 9.17) is 9.68 Å². The number of nitrogens with zero attached hydrogens (tertiary/aromatic N) is 2. The highest BCUT2D eigenvalue weighted by atomic mass is 17.0. The molecule has 1 N–H and O–H groups in total. The van der Waals surface area contributed by atoms with Crippen LogP contribution in [0.4, 0.5) is 0 Å². The molecule has 3 fully saturated rings. The third-order valence-corrected chi connectivity index (χ3v) is 5.21. The first kappa shape index (κ1) is 15.5. The summed E-state index contributed by atoms with van der Waals surface area (Å²) in [5.74, 6) is 1.23. The summed E-state index contributed by atoms with van der Waals surface area (Å²) in [5.41, 5.74) is 0.657. The summed E-state index contributed by atoms with van der Waals surface area (Å²) < 4.78 is 0. The van der Waals surface area contributed by atoms with Crippen LogP contribution in [0.1, 0.15) is 30.1 Å². The second kappa shape index (κ2) is 6.45. The number of hydrogen-bond acceptors (Lipinski definition) is 5. The average Bonchev–Trinajstić information content (AvgIpc) is 3.09. The standard InChI is InChI=1S/C18H23N3O3/c1-13-11-15-7-9-20(13)12-17(15)19-18(22)14-3-5-16(6-4-14)24-21-8-2-10-23-21/h2-6,8,13,15,17H,7,9-12H2,1H3,(H,19,22). The zero-order chi connectivity index (χ0) is 16.5. The molecule has 1 aromatic carbocycles. The van der Waals surface area contributed by atoms with Crippen molar-refractivity contribution in [1.29, 1.82) is 0 Å². The van der Waals surface area contributed by atoms with Crippen molar-refractivity contribution in [2.45, 2.75) is 31.8 Å². The van der Waals surface area contributed by atoms with Gasteiger partial charge in [0, 0.05) is 24.2 Å². The molecule has 6 heteroatoms. The number of carbonyl (C=O) groups excluding carboxylic acids is 1. The lowest BCUT2D eigenvalue weighted by molar-refractivity contribution is -0.263. The van der Waals surface area contributed by atoms with E-state index in [2.05, 4.69) is 17.1 Å². The van der Waals surface area contributed by atoms with Gasteiger partial charge in [0.05, 0.1) is 12.8 Å². The van der Waals surface area contributed by atoms with Crippen molar-refractivity contribution in [2.75, 3.05) is 19.7 Å². The van der Waals surface area contributed by atoms with Crippen LogP contribution in [-0.2, 0) is 4.84 Å². The van der Waals surface area contributed by atoms with Gasteiger partial charge in [-0.25, -0.2) is 4.84 Å². The van der Waals surface area contributed by atoms with Crippen LogP contribution in [0.2, 0.25) is 0 Å². The number of nitrogens with one attached hydrogen (secondary N) is 1. The number of fused-ring (bicyclic) bond motifs is 3. The first-order valence-electron chi connectivity index (χ1n) is 8.61. The fourth-order valence-corrected chi connectivity index (χ4v) is 3.83. The number of carbonyl (C=O) groups is 1. The fraction of sp³-hybridized carbons (Fsp3) is 0.500. The highest BCUT2D eigenvalue weighted by Gasteiger charge is 2.38. The Morgan fingerprint density at radius 2 is 2.17 bits per heavy atom. The molecule has 3 saturated heterocycles. The molecule has 128 valence electrons. The fourth-order valence-electron chi connectivity index (χ4n) is 3.83. The van der Waals surface area contributed by atoms with E-state index in [1.807, 2.05) is 6.08 Å². The Labute approximate surface area is 141 Å². The summed E-state index contributed by atoms with van der Waals surface area (Å²) in [6.07, 6.45) is 5.94. The normalized spacial score (nSPS) is 31.3. The van der Waals surface area contributed by atoms with Gasteiger partial charge in [0.2, 0.25) is 0 Å². The number of benzene rings is 1. The molecule has 0 aromatic heterocycles. The number of hydroxylamine groups is 2. The minimum atomic E-state index is -0.00901. The van der Waals surface area contributed by atoms with Crippen LogP contribution in [-0.4, -0.2) is 47.8 Å². The predicted molar refractivity (Wildman–Crippen MR) is 89.0 cm³/mol. The van der Waals surface area contributed by atoms with Gasteiger partial charge in [-0.3, -0.25) is 9.69 Å². The zero-order valence-corrected chi connectivity index (χ0v) is 13.9. The Kier molecular flexibility index (Phi) is 4.16. The molecule has 1 amide bonds. The van der Waals surface area contributed by atoms with Gasteiger partial charge in [0.1, 0.15) is 0 Å². The van der Waals surface area contributed by atoms with Gasteiger partial charge < -0.3 is 10.2 Å². The zero-order valence-electron chi connectivity index (χ0n) is 13.9. The van der Waals surface area contributed by atoms with Gasteiger partial charge in [-0.2, -0.15) is 0 Å². The number of amides is 1. The predicted octanol–water partition coefficient (Wildman–Crippen LogP) is 1.95. The van der Waals surface area contributed by atoms with Crippen molar-refractivity contribution >= 4 is 5.91 Å². The molecular weight excluding hydrogens is 306 g/mol. The SMILES string of the molecule is CC1CC2CCN1CC2NC(=O)c1ccc(ON2C=CCO2)cc1. The Bertz CT molecular complexity index is 631. The molecule has 4 aliphatic heterocycles. The number of hydrogen-bond donors (Lipinski definition) is 1. The van der Waals surface area contributed by atoms with Gasteiger partial charge in [0.15, 0.2) is 5.75 Å². The molecule has 4 atom stereocenters. The lowest BCUT2D eigenvalue weighted by Crippen LogP contribution is -2.60. The molecule has 1 aromatic rings. The summed E-state index contributed by atoms with van der Waals surface area (Å²) in [7, 11) is 0. The molecule has 6 nitrogen and oxygen atoms in total.